The summed E-state index contributed by atoms with van der Waals surface area (Å²) >= 11 is 0. The Bertz CT molecular complexity index is 667. The third kappa shape index (κ3) is 2.61. The minimum atomic E-state index is -0.779. The van der Waals surface area contributed by atoms with Gasteiger partial charge in [-0.1, -0.05) is 0 Å². The summed E-state index contributed by atoms with van der Waals surface area (Å²) in [7, 11) is 1.75. The number of aromatic nitrogens is 3. The van der Waals surface area contributed by atoms with Crippen LogP contribution in [-0.2, 0) is 18.4 Å². The highest BCUT2D eigenvalue weighted by molar-refractivity contribution is 5.91. The first-order valence-corrected chi connectivity index (χ1v) is 5.97. The van der Waals surface area contributed by atoms with Crippen LogP contribution in [0.4, 0.5) is 10.1 Å². The van der Waals surface area contributed by atoms with Crippen molar-refractivity contribution in [3.8, 4) is 0 Å². The number of carbonyl (C=O) groups is 1. The lowest BCUT2D eigenvalue weighted by atomic mass is 10.1. The highest BCUT2D eigenvalue weighted by atomic mass is 19.1. The molecule has 1 heterocycles. The van der Waals surface area contributed by atoms with Crippen molar-refractivity contribution in [2.24, 2.45) is 7.05 Å². The first-order chi connectivity index (χ1) is 9.40. The number of aryl methyl sites for hydroxylation is 2. The summed E-state index contributed by atoms with van der Waals surface area (Å²) in [6, 6.07) is 2.71. The van der Waals surface area contributed by atoms with Gasteiger partial charge in [0.15, 0.2) is 12.4 Å². The molecule has 0 aliphatic heterocycles. The molecule has 0 saturated heterocycles. The van der Waals surface area contributed by atoms with Crippen molar-refractivity contribution in [1.29, 1.82) is 0 Å². The van der Waals surface area contributed by atoms with Gasteiger partial charge < -0.3 is 15.0 Å². The number of anilines is 1. The summed E-state index contributed by atoms with van der Waals surface area (Å²) in [5, 5.41) is 7.70. The zero-order valence-corrected chi connectivity index (χ0v) is 11.5. The lowest BCUT2D eigenvalue weighted by Crippen LogP contribution is -2.11. The van der Waals surface area contributed by atoms with Crippen LogP contribution in [0.25, 0.3) is 0 Å². The number of halogens is 1. The minimum Gasteiger partial charge on any atom is -0.454 e. The lowest BCUT2D eigenvalue weighted by molar-refractivity contribution is 0.0453. The molecule has 0 unspecified atom stereocenters. The van der Waals surface area contributed by atoms with Crippen LogP contribution in [-0.4, -0.2) is 20.7 Å². The predicted molar refractivity (Wildman–Crippen MR) is 70.4 cm³/mol. The molecule has 106 valence electrons. The molecule has 0 saturated carbocycles. The molecule has 2 rings (SSSR count). The van der Waals surface area contributed by atoms with E-state index in [4.69, 9.17) is 10.5 Å². The maximum absolute atomic E-state index is 13.9. The van der Waals surface area contributed by atoms with Crippen molar-refractivity contribution in [2.45, 2.75) is 20.5 Å². The van der Waals surface area contributed by atoms with Crippen LogP contribution in [0.15, 0.2) is 12.1 Å². The Balaban J connectivity index is 2.15. The predicted octanol–water partition coefficient (Wildman–Crippen LogP) is 1.51. The average molecular weight is 278 g/mol. The highest BCUT2D eigenvalue weighted by Crippen LogP contribution is 2.18. The Labute approximate surface area is 115 Å². The van der Waals surface area contributed by atoms with Gasteiger partial charge in [-0.2, -0.15) is 0 Å². The smallest absolute Gasteiger partial charge is 0.341 e. The van der Waals surface area contributed by atoms with Crippen LogP contribution < -0.4 is 5.73 Å². The zero-order chi connectivity index (χ0) is 14.9. The van der Waals surface area contributed by atoms with Gasteiger partial charge >= 0.3 is 5.97 Å². The van der Waals surface area contributed by atoms with Gasteiger partial charge in [0.2, 0.25) is 0 Å². The molecule has 1 aromatic carbocycles. The van der Waals surface area contributed by atoms with Crippen molar-refractivity contribution in [1.82, 2.24) is 14.8 Å². The largest absolute Gasteiger partial charge is 0.454 e. The number of carbonyl (C=O) groups excluding carboxylic acids is 1. The van der Waals surface area contributed by atoms with E-state index in [1.54, 1.807) is 18.5 Å². The third-order valence-electron chi connectivity index (χ3n) is 3.01. The standard InChI is InChI=1S/C13H15FN4O2/c1-7-4-9(15)5-10(12(7)14)13(19)20-6-11-17-16-8(2)18(11)3/h4-5H,6,15H2,1-3H3. The Kier molecular flexibility index (Phi) is 3.69. The molecule has 2 N–H and O–H groups in total. The van der Waals surface area contributed by atoms with E-state index in [1.807, 2.05) is 0 Å². The first kappa shape index (κ1) is 14.0. The molecule has 0 bridgehead atoms. The first-order valence-electron chi connectivity index (χ1n) is 5.97. The van der Waals surface area contributed by atoms with E-state index in [9.17, 15) is 9.18 Å². The molecule has 1 aromatic heterocycles. The number of nitrogen functional groups attached to an aromatic ring is 1. The summed E-state index contributed by atoms with van der Waals surface area (Å²) in [4.78, 5) is 11.9. The van der Waals surface area contributed by atoms with E-state index < -0.39 is 11.8 Å². The van der Waals surface area contributed by atoms with Crippen molar-refractivity contribution in [3.63, 3.8) is 0 Å². The molecule has 0 spiro atoms. The topological polar surface area (TPSA) is 83.0 Å². The maximum atomic E-state index is 13.9. The Morgan fingerprint density at radius 2 is 2.10 bits per heavy atom. The molecular weight excluding hydrogens is 263 g/mol. The van der Waals surface area contributed by atoms with Gasteiger partial charge in [0.1, 0.15) is 11.6 Å². The number of hydrogen-bond donors (Lipinski definition) is 1. The van der Waals surface area contributed by atoms with E-state index >= 15 is 0 Å². The summed E-state index contributed by atoms with van der Waals surface area (Å²) in [5.74, 6) is -0.226. The van der Waals surface area contributed by atoms with E-state index in [-0.39, 0.29) is 12.2 Å². The fourth-order valence-corrected chi connectivity index (χ4v) is 1.73. The van der Waals surface area contributed by atoms with Gasteiger partial charge in [-0.05, 0) is 31.5 Å². The summed E-state index contributed by atoms with van der Waals surface area (Å²) in [6.45, 7) is 3.23. The molecule has 20 heavy (non-hydrogen) atoms. The number of benzene rings is 1. The van der Waals surface area contributed by atoms with Crippen LogP contribution >= 0.6 is 0 Å². The van der Waals surface area contributed by atoms with E-state index in [0.717, 1.165) is 0 Å². The van der Waals surface area contributed by atoms with Gasteiger partial charge in [0, 0.05) is 12.7 Å². The van der Waals surface area contributed by atoms with E-state index in [0.29, 0.717) is 22.9 Å². The second-order valence-electron chi connectivity index (χ2n) is 4.50. The fourth-order valence-electron chi connectivity index (χ4n) is 1.73. The third-order valence-corrected chi connectivity index (χ3v) is 3.01. The molecule has 0 radical (unpaired) electrons. The fraction of sp³-hybridized carbons (Fsp3) is 0.308. The van der Waals surface area contributed by atoms with Crippen molar-refractivity contribution < 1.29 is 13.9 Å². The van der Waals surface area contributed by atoms with Gasteiger partial charge in [-0.25, -0.2) is 9.18 Å². The van der Waals surface area contributed by atoms with Crippen LogP contribution in [0.3, 0.4) is 0 Å². The van der Waals surface area contributed by atoms with Crippen molar-refractivity contribution in [3.05, 3.63) is 40.7 Å². The summed E-state index contributed by atoms with van der Waals surface area (Å²) < 4.78 is 20.6. The Hall–Kier alpha value is -2.44. The molecule has 0 aliphatic carbocycles. The van der Waals surface area contributed by atoms with Crippen molar-refractivity contribution >= 4 is 11.7 Å². The quantitative estimate of drug-likeness (QED) is 0.679. The number of rotatable bonds is 3. The van der Waals surface area contributed by atoms with E-state index in [2.05, 4.69) is 10.2 Å². The maximum Gasteiger partial charge on any atom is 0.341 e. The number of esters is 1. The van der Waals surface area contributed by atoms with Gasteiger partial charge in [0.25, 0.3) is 0 Å². The molecule has 7 heteroatoms. The highest BCUT2D eigenvalue weighted by Gasteiger charge is 2.17. The molecule has 0 fully saturated rings. The van der Waals surface area contributed by atoms with Crippen LogP contribution in [0.2, 0.25) is 0 Å². The molecule has 6 nitrogen and oxygen atoms in total. The van der Waals surface area contributed by atoms with Crippen LogP contribution in [0.1, 0.15) is 27.6 Å². The molecule has 0 aliphatic rings. The minimum absolute atomic E-state index is 0.0799. The van der Waals surface area contributed by atoms with Crippen LogP contribution in [0.5, 0.6) is 0 Å². The monoisotopic (exact) mass is 278 g/mol. The lowest BCUT2D eigenvalue weighted by Gasteiger charge is -2.08. The van der Waals surface area contributed by atoms with Gasteiger partial charge in [-0.15, -0.1) is 10.2 Å². The summed E-state index contributed by atoms with van der Waals surface area (Å²) in [6.07, 6.45) is 0. The second-order valence-corrected chi connectivity index (χ2v) is 4.50. The number of nitrogens with two attached hydrogens (primary N) is 1. The molecular formula is C13H15FN4O2. The zero-order valence-electron chi connectivity index (χ0n) is 11.5. The van der Waals surface area contributed by atoms with E-state index in [1.165, 1.54) is 19.1 Å². The molecule has 2 aromatic rings. The van der Waals surface area contributed by atoms with Gasteiger partial charge in [0.05, 0.1) is 5.56 Å². The normalized spacial score (nSPS) is 10.6. The van der Waals surface area contributed by atoms with Gasteiger partial charge in [-0.3, -0.25) is 0 Å². The average Bonchev–Trinajstić information content (AvgIpc) is 2.71. The Morgan fingerprint density at radius 1 is 1.40 bits per heavy atom. The molecule has 0 amide bonds. The summed E-state index contributed by atoms with van der Waals surface area (Å²) in [5.41, 5.74) is 6.03. The number of ether oxygens (including phenoxy) is 1. The second kappa shape index (κ2) is 5.28. The number of hydrogen-bond acceptors (Lipinski definition) is 5. The Morgan fingerprint density at radius 3 is 2.70 bits per heavy atom. The van der Waals surface area contributed by atoms with Crippen LogP contribution in [0, 0.1) is 19.7 Å². The SMILES string of the molecule is Cc1cc(N)cc(C(=O)OCc2nnc(C)n2C)c1F. The van der Waals surface area contributed by atoms with Crippen molar-refractivity contribution in [2.75, 3.05) is 5.73 Å². The number of nitrogens with zero attached hydrogens (tertiary/aromatic N) is 3. The molecule has 0 atom stereocenters.